The number of ether oxygens (including phenoxy) is 4. The van der Waals surface area contributed by atoms with E-state index < -0.39 is 76.4 Å². The topological polar surface area (TPSA) is 141 Å². The number of nitrogens with zero attached hydrogens (tertiary/aromatic N) is 1. The lowest BCUT2D eigenvalue weighted by atomic mass is 9.42. The Bertz CT molecular complexity index is 878. The maximum absolute atomic E-state index is 12.6. The molecule has 5 aliphatic carbocycles. The normalized spacial score (nSPS) is 62.4. The first-order valence-corrected chi connectivity index (χ1v) is 12.9. The Morgan fingerprint density at radius 2 is 1.66 bits per heavy atom. The van der Waals surface area contributed by atoms with Crippen LogP contribution in [-0.4, -0.2) is 132 Å². The van der Waals surface area contributed by atoms with Crippen molar-refractivity contribution in [2.24, 2.45) is 34.5 Å². The van der Waals surface area contributed by atoms with Gasteiger partial charge in [-0.25, -0.2) is 0 Å². The molecule has 5 N–H and O–H groups in total. The number of rotatable bonds is 6. The standard InChI is InChI=1S/C25H41NO9/c1-6-26-9-22(10-32-2)12(27)7-13(33-3)24-11-8-23(30)19(28)14(11)25(31,20(29)21(23)35-5)15(18(24)26)16(34-4)17(22)24/h11-21,27-31H,6-10H2,1-5H3/t11-,12-,13+,14-,15+,16+,17-,18?,19-,20+,21+,22+,23-,24+,25-/m1/s1. The van der Waals surface area contributed by atoms with Gasteiger partial charge in [-0.05, 0) is 18.9 Å². The van der Waals surface area contributed by atoms with Crippen LogP contribution in [0.4, 0.5) is 0 Å². The molecule has 10 nitrogen and oxygen atoms in total. The van der Waals surface area contributed by atoms with Crippen LogP contribution < -0.4 is 0 Å². The van der Waals surface area contributed by atoms with E-state index in [1.165, 1.54) is 7.11 Å². The molecule has 35 heavy (non-hydrogen) atoms. The fourth-order valence-electron chi connectivity index (χ4n) is 11.0. The summed E-state index contributed by atoms with van der Waals surface area (Å²) in [5.41, 5.74) is -4.81. The van der Waals surface area contributed by atoms with E-state index in [4.69, 9.17) is 18.9 Å². The molecule has 1 saturated heterocycles. The van der Waals surface area contributed by atoms with Gasteiger partial charge in [0.1, 0.15) is 23.4 Å². The molecular weight excluding hydrogens is 458 g/mol. The van der Waals surface area contributed by atoms with Gasteiger partial charge >= 0.3 is 0 Å². The third kappa shape index (κ3) is 2.35. The summed E-state index contributed by atoms with van der Waals surface area (Å²) >= 11 is 0. The molecule has 6 fully saturated rings. The molecule has 1 spiro atoms. The average molecular weight is 500 g/mol. The quantitative estimate of drug-likeness (QED) is 0.285. The van der Waals surface area contributed by atoms with E-state index in [1.807, 2.05) is 0 Å². The van der Waals surface area contributed by atoms with Gasteiger partial charge in [-0.3, -0.25) is 4.90 Å². The Kier molecular flexibility index (Phi) is 5.40. The first-order chi connectivity index (χ1) is 16.6. The molecule has 15 atom stereocenters. The maximum Gasteiger partial charge on any atom is 0.120 e. The molecule has 6 aliphatic rings. The van der Waals surface area contributed by atoms with Crippen molar-refractivity contribution in [3.05, 3.63) is 0 Å². The SMILES string of the molecule is CCN1C[C@]2(COC)[C@H](O)C[C@H](OC)[C@]34C1[C@H]([C@H](OC)[C@H]23)[C@]1(O)[C@H]2[C@@H](O)[C@](O)(C[C@H]24)[C@@H](OC)[C@@H]1O. The predicted molar refractivity (Wildman–Crippen MR) is 121 cm³/mol. The van der Waals surface area contributed by atoms with Gasteiger partial charge in [0.05, 0.1) is 31.0 Å². The molecule has 0 aromatic heterocycles. The Morgan fingerprint density at radius 1 is 0.943 bits per heavy atom. The summed E-state index contributed by atoms with van der Waals surface area (Å²) in [6.07, 6.45) is -4.95. The zero-order chi connectivity index (χ0) is 25.3. The molecule has 5 saturated carbocycles. The van der Waals surface area contributed by atoms with Gasteiger partial charge in [0, 0.05) is 76.0 Å². The largest absolute Gasteiger partial charge is 0.392 e. The lowest BCUT2D eigenvalue weighted by molar-refractivity contribution is -0.320. The molecule has 1 heterocycles. The summed E-state index contributed by atoms with van der Waals surface area (Å²) in [5.74, 6) is -2.04. The average Bonchev–Trinajstić information content (AvgIpc) is 3.19. The smallest absolute Gasteiger partial charge is 0.120 e. The number of hydrogen-bond donors (Lipinski definition) is 5. The summed E-state index contributed by atoms with van der Waals surface area (Å²) in [6, 6.07) is -0.240. The van der Waals surface area contributed by atoms with E-state index in [1.54, 1.807) is 21.3 Å². The number of fused-ring (bicyclic) bond motifs is 2. The summed E-state index contributed by atoms with van der Waals surface area (Å²) < 4.78 is 23.7. The van der Waals surface area contributed by atoms with E-state index in [-0.39, 0.29) is 18.4 Å². The highest BCUT2D eigenvalue weighted by Crippen LogP contribution is 2.79. The number of likely N-dealkylation sites (tertiary alicyclic amines) is 1. The minimum atomic E-state index is -1.76. The summed E-state index contributed by atoms with van der Waals surface area (Å²) in [6.45, 7) is 3.58. The second-order valence-corrected chi connectivity index (χ2v) is 12.1. The third-order valence-corrected chi connectivity index (χ3v) is 11.7. The third-order valence-electron chi connectivity index (χ3n) is 11.7. The fraction of sp³-hybridized carbons (Fsp3) is 1.00. The zero-order valence-electron chi connectivity index (χ0n) is 21.2. The number of piperidine rings is 1. The van der Waals surface area contributed by atoms with Gasteiger partial charge in [-0.1, -0.05) is 6.92 Å². The minimum absolute atomic E-state index is 0.156. The van der Waals surface area contributed by atoms with Crippen molar-refractivity contribution in [3.8, 4) is 0 Å². The number of aliphatic hydroxyl groups is 5. The molecule has 0 aromatic rings. The van der Waals surface area contributed by atoms with Crippen LogP contribution in [0, 0.1) is 34.5 Å². The van der Waals surface area contributed by atoms with Crippen molar-refractivity contribution in [1.29, 1.82) is 0 Å². The molecule has 1 unspecified atom stereocenters. The number of hydrogen-bond acceptors (Lipinski definition) is 10. The summed E-state index contributed by atoms with van der Waals surface area (Å²) in [7, 11) is 6.29. The van der Waals surface area contributed by atoms with Crippen LogP contribution in [0.2, 0.25) is 0 Å². The van der Waals surface area contributed by atoms with Crippen molar-refractivity contribution in [2.45, 2.75) is 73.6 Å². The van der Waals surface area contributed by atoms with Crippen molar-refractivity contribution < 1.29 is 44.5 Å². The van der Waals surface area contributed by atoms with E-state index in [9.17, 15) is 25.5 Å². The first-order valence-electron chi connectivity index (χ1n) is 12.9. The lowest BCUT2D eigenvalue weighted by Crippen LogP contribution is -2.81. The molecule has 0 aromatic carbocycles. The van der Waals surface area contributed by atoms with Gasteiger partial charge in [0.15, 0.2) is 0 Å². The molecule has 200 valence electrons. The molecule has 0 radical (unpaired) electrons. The van der Waals surface area contributed by atoms with Crippen LogP contribution in [0.5, 0.6) is 0 Å². The predicted octanol–water partition coefficient (Wildman–Crippen LogP) is -1.79. The van der Waals surface area contributed by atoms with Crippen LogP contribution in [0.3, 0.4) is 0 Å². The highest BCUT2D eigenvalue weighted by molar-refractivity contribution is 5.39. The van der Waals surface area contributed by atoms with E-state index in [0.717, 1.165) is 0 Å². The molecule has 7 bridgehead atoms. The van der Waals surface area contributed by atoms with Gasteiger partial charge in [0.2, 0.25) is 0 Å². The van der Waals surface area contributed by atoms with E-state index in [2.05, 4.69) is 11.8 Å². The zero-order valence-corrected chi connectivity index (χ0v) is 21.2. The monoisotopic (exact) mass is 499 g/mol. The van der Waals surface area contributed by atoms with Gasteiger partial charge in [-0.2, -0.15) is 0 Å². The van der Waals surface area contributed by atoms with Crippen LogP contribution in [0.1, 0.15) is 19.8 Å². The Morgan fingerprint density at radius 3 is 2.23 bits per heavy atom. The number of aliphatic hydroxyl groups excluding tert-OH is 3. The van der Waals surface area contributed by atoms with Crippen LogP contribution in [0.25, 0.3) is 0 Å². The maximum atomic E-state index is 12.6. The van der Waals surface area contributed by atoms with Crippen molar-refractivity contribution in [1.82, 2.24) is 4.90 Å². The van der Waals surface area contributed by atoms with Crippen molar-refractivity contribution >= 4 is 0 Å². The van der Waals surface area contributed by atoms with Crippen molar-refractivity contribution in [3.63, 3.8) is 0 Å². The Balaban J connectivity index is 1.68. The lowest BCUT2D eigenvalue weighted by Gasteiger charge is -2.70. The van der Waals surface area contributed by atoms with Gasteiger partial charge in [-0.15, -0.1) is 0 Å². The minimum Gasteiger partial charge on any atom is -0.392 e. The summed E-state index contributed by atoms with van der Waals surface area (Å²) in [4.78, 5) is 2.29. The van der Waals surface area contributed by atoms with Gasteiger partial charge < -0.3 is 44.5 Å². The Hall–Kier alpha value is -0.400. The van der Waals surface area contributed by atoms with Crippen LogP contribution in [0.15, 0.2) is 0 Å². The van der Waals surface area contributed by atoms with Crippen LogP contribution >= 0.6 is 0 Å². The highest BCUT2D eigenvalue weighted by atomic mass is 16.5. The summed E-state index contributed by atoms with van der Waals surface area (Å²) in [5, 5.41) is 59.3. The second kappa shape index (κ2) is 7.59. The molecule has 10 heteroatoms. The fourth-order valence-corrected chi connectivity index (χ4v) is 11.0. The molecular formula is C25H41NO9. The Labute approximate surface area is 206 Å². The van der Waals surface area contributed by atoms with E-state index >= 15 is 0 Å². The number of methoxy groups -OCH3 is 4. The molecule has 1 aliphatic heterocycles. The van der Waals surface area contributed by atoms with E-state index in [0.29, 0.717) is 26.1 Å². The molecule has 0 amide bonds. The first kappa shape index (κ1) is 24.9. The van der Waals surface area contributed by atoms with Crippen molar-refractivity contribution in [2.75, 3.05) is 48.1 Å². The molecule has 6 rings (SSSR count). The second-order valence-electron chi connectivity index (χ2n) is 12.1. The van der Waals surface area contributed by atoms with Crippen LogP contribution in [-0.2, 0) is 18.9 Å². The van der Waals surface area contributed by atoms with Gasteiger partial charge in [0.25, 0.3) is 0 Å². The highest BCUT2D eigenvalue weighted by Gasteiger charge is 2.90.